The van der Waals surface area contributed by atoms with Gasteiger partial charge in [-0.1, -0.05) is 12.1 Å². The second-order valence-electron chi connectivity index (χ2n) is 4.36. The SMILES string of the molecule is CC(Nc1ncnc2nc[nH]c12)c1cccc(N)c1. The second-order valence-corrected chi connectivity index (χ2v) is 4.36. The Balaban J connectivity index is 1.90. The first-order valence-electron chi connectivity index (χ1n) is 6.00. The van der Waals surface area contributed by atoms with Crippen LogP contribution in [0.15, 0.2) is 36.9 Å². The number of hydrogen-bond acceptors (Lipinski definition) is 5. The molecule has 2 heterocycles. The van der Waals surface area contributed by atoms with Crippen LogP contribution in [0.3, 0.4) is 0 Å². The van der Waals surface area contributed by atoms with Gasteiger partial charge in [-0.2, -0.15) is 0 Å². The molecule has 0 saturated carbocycles. The van der Waals surface area contributed by atoms with Crippen LogP contribution in [0.4, 0.5) is 11.5 Å². The van der Waals surface area contributed by atoms with E-state index in [2.05, 4.69) is 32.2 Å². The van der Waals surface area contributed by atoms with Crippen LogP contribution < -0.4 is 11.1 Å². The van der Waals surface area contributed by atoms with E-state index in [0.29, 0.717) is 5.65 Å². The number of H-pyrrole nitrogens is 1. The number of benzene rings is 1. The second kappa shape index (κ2) is 4.56. The van der Waals surface area contributed by atoms with Crippen LogP contribution in [-0.2, 0) is 0 Å². The van der Waals surface area contributed by atoms with E-state index in [1.165, 1.54) is 6.33 Å². The number of aromatic nitrogens is 4. The number of hydrogen-bond donors (Lipinski definition) is 3. The van der Waals surface area contributed by atoms with Crippen molar-refractivity contribution in [3.05, 3.63) is 42.5 Å². The van der Waals surface area contributed by atoms with Gasteiger partial charge in [0, 0.05) is 5.69 Å². The third-order valence-electron chi connectivity index (χ3n) is 2.99. The molecule has 0 aliphatic carbocycles. The number of imidazole rings is 1. The average molecular weight is 254 g/mol. The highest BCUT2D eigenvalue weighted by atomic mass is 15.1. The lowest BCUT2D eigenvalue weighted by atomic mass is 10.1. The van der Waals surface area contributed by atoms with Gasteiger partial charge in [-0.05, 0) is 24.6 Å². The highest BCUT2D eigenvalue weighted by molar-refractivity contribution is 5.82. The quantitative estimate of drug-likeness (QED) is 0.622. The molecule has 0 bridgehead atoms. The Kier molecular flexibility index (Phi) is 2.75. The number of fused-ring (bicyclic) bond motifs is 1. The van der Waals surface area contributed by atoms with Gasteiger partial charge in [0.15, 0.2) is 11.5 Å². The minimum absolute atomic E-state index is 0.0879. The van der Waals surface area contributed by atoms with Gasteiger partial charge in [0.1, 0.15) is 11.8 Å². The lowest BCUT2D eigenvalue weighted by molar-refractivity contribution is 0.875. The summed E-state index contributed by atoms with van der Waals surface area (Å²) < 4.78 is 0. The van der Waals surface area contributed by atoms with Crippen molar-refractivity contribution >= 4 is 22.7 Å². The summed E-state index contributed by atoms with van der Waals surface area (Å²) in [5.41, 5.74) is 9.10. The van der Waals surface area contributed by atoms with Crippen LogP contribution in [0.1, 0.15) is 18.5 Å². The Morgan fingerprint density at radius 3 is 3.00 bits per heavy atom. The van der Waals surface area contributed by atoms with Crippen LogP contribution in [0.25, 0.3) is 11.2 Å². The van der Waals surface area contributed by atoms with Gasteiger partial charge < -0.3 is 16.0 Å². The zero-order valence-corrected chi connectivity index (χ0v) is 10.5. The third kappa shape index (κ3) is 2.20. The van der Waals surface area contributed by atoms with E-state index in [-0.39, 0.29) is 6.04 Å². The van der Waals surface area contributed by atoms with Crippen LogP contribution in [0.2, 0.25) is 0 Å². The van der Waals surface area contributed by atoms with Gasteiger partial charge in [-0.3, -0.25) is 0 Å². The van der Waals surface area contributed by atoms with Gasteiger partial charge in [0.25, 0.3) is 0 Å². The van der Waals surface area contributed by atoms with Crippen LogP contribution in [0, 0.1) is 0 Å². The maximum atomic E-state index is 5.79. The summed E-state index contributed by atoms with van der Waals surface area (Å²) >= 11 is 0. The topological polar surface area (TPSA) is 92.5 Å². The zero-order valence-electron chi connectivity index (χ0n) is 10.5. The van der Waals surface area contributed by atoms with E-state index in [0.717, 1.165) is 22.6 Å². The van der Waals surface area contributed by atoms with Crippen molar-refractivity contribution in [2.45, 2.75) is 13.0 Å². The van der Waals surface area contributed by atoms with E-state index in [1.54, 1.807) is 6.33 Å². The van der Waals surface area contributed by atoms with E-state index in [4.69, 9.17) is 5.73 Å². The van der Waals surface area contributed by atoms with Crippen molar-refractivity contribution in [3.8, 4) is 0 Å². The largest absolute Gasteiger partial charge is 0.399 e. The molecule has 0 aliphatic rings. The van der Waals surface area contributed by atoms with Gasteiger partial charge in [-0.25, -0.2) is 15.0 Å². The lowest BCUT2D eigenvalue weighted by Crippen LogP contribution is -2.09. The summed E-state index contributed by atoms with van der Waals surface area (Å²) in [6, 6.07) is 7.87. The molecule has 0 saturated heterocycles. The van der Waals surface area contributed by atoms with Crippen molar-refractivity contribution < 1.29 is 0 Å². The monoisotopic (exact) mass is 254 g/mol. The smallest absolute Gasteiger partial charge is 0.182 e. The number of nitrogen functional groups attached to an aromatic ring is 1. The Bertz CT molecular complexity index is 705. The first-order valence-corrected chi connectivity index (χ1v) is 6.00. The van der Waals surface area contributed by atoms with Crippen molar-refractivity contribution in [2.75, 3.05) is 11.1 Å². The standard InChI is InChI=1S/C13H14N6/c1-8(9-3-2-4-10(14)5-9)19-13-11-12(16-6-15-11)17-7-18-13/h2-8H,14H2,1H3,(H2,15,16,17,18,19). The molecule has 2 aromatic heterocycles. The minimum Gasteiger partial charge on any atom is -0.399 e. The normalized spacial score (nSPS) is 12.5. The molecular weight excluding hydrogens is 240 g/mol. The summed E-state index contributed by atoms with van der Waals surface area (Å²) in [7, 11) is 0. The zero-order chi connectivity index (χ0) is 13.2. The number of nitrogens with two attached hydrogens (primary N) is 1. The first kappa shape index (κ1) is 11.5. The maximum Gasteiger partial charge on any atom is 0.182 e. The number of aromatic amines is 1. The van der Waals surface area contributed by atoms with Crippen LogP contribution in [0.5, 0.6) is 0 Å². The fraction of sp³-hybridized carbons (Fsp3) is 0.154. The Labute approximate surface area is 110 Å². The Morgan fingerprint density at radius 1 is 1.26 bits per heavy atom. The van der Waals surface area contributed by atoms with Crippen molar-refractivity contribution in [2.24, 2.45) is 0 Å². The average Bonchev–Trinajstić information content (AvgIpc) is 2.88. The molecular formula is C13H14N6. The maximum absolute atomic E-state index is 5.79. The van der Waals surface area contributed by atoms with Gasteiger partial charge in [-0.15, -0.1) is 0 Å². The summed E-state index contributed by atoms with van der Waals surface area (Å²) in [5, 5.41) is 3.34. The predicted molar refractivity (Wildman–Crippen MR) is 74.6 cm³/mol. The number of rotatable bonds is 3. The molecule has 0 fully saturated rings. The molecule has 4 N–H and O–H groups in total. The highest BCUT2D eigenvalue weighted by Gasteiger charge is 2.10. The predicted octanol–water partition coefficient (Wildman–Crippen LogP) is 2.11. The molecule has 3 rings (SSSR count). The van der Waals surface area contributed by atoms with Crippen LogP contribution >= 0.6 is 0 Å². The molecule has 0 amide bonds. The number of nitrogens with zero attached hydrogens (tertiary/aromatic N) is 3. The Hall–Kier alpha value is -2.63. The van der Waals surface area contributed by atoms with Crippen molar-refractivity contribution in [1.29, 1.82) is 0 Å². The molecule has 96 valence electrons. The fourth-order valence-electron chi connectivity index (χ4n) is 1.99. The molecule has 1 atom stereocenters. The molecule has 3 aromatic rings. The number of anilines is 2. The molecule has 0 radical (unpaired) electrons. The van der Waals surface area contributed by atoms with E-state index in [1.807, 2.05) is 24.3 Å². The highest BCUT2D eigenvalue weighted by Crippen LogP contribution is 2.22. The molecule has 0 aliphatic heterocycles. The van der Waals surface area contributed by atoms with Gasteiger partial charge in [0.2, 0.25) is 0 Å². The Morgan fingerprint density at radius 2 is 2.16 bits per heavy atom. The first-order chi connectivity index (χ1) is 9.24. The van der Waals surface area contributed by atoms with Gasteiger partial charge >= 0.3 is 0 Å². The summed E-state index contributed by atoms with van der Waals surface area (Å²) in [6.07, 6.45) is 3.10. The van der Waals surface area contributed by atoms with Gasteiger partial charge in [0.05, 0.1) is 12.4 Å². The molecule has 6 heteroatoms. The summed E-state index contributed by atoms with van der Waals surface area (Å²) in [6.45, 7) is 2.05. The molecule has 6 nitrogen and oxygen atoms in total. The van der Waals surface area contributed by atoms with Crippen molar-refractivity contribution in [1.82, 2.24) is 19.9 Å². The van der Waals surface area contributed by atoms with E-state index in [9.17, 15) is 0 Å². The lowest BCUT2D eigenvalue weighted by Gasteiger charge is -2.15. The van der Waals surface area contributed by atoms with E-state index >= 15 is 0 Å². The third-order valence-corrected chi connectivity index (χ3v) is 2.99. The molecule has 1 unspecified atom stereocenters. The molecule has 19 heavy (non-hydrogen) atoms. The minimum atomic E-state index is 0.0879. The molecule has 1 aromatic carbocycles. The number of nitrogens with one attached hydrogen (secondary N) is 2. The summed E-state index contributed by atoms with van der Waals surface area (Å²) in [4.78, 5) is 15.5. The van der Waals surface area contributed by atoms with Crippen molar-refractivity contribution in [3.63, 3.8) is 0 Å². The fourth-order valence-corrected chi connectivity index (χ4v) is 1.99. The summed E-state index contributed by atoms with van der Waals surface area (Å²) in [5.74, 6) is 0.734. The molecule has 0 spiro atoms. The van der Waals surface area contributed by atoms with Crippen LogP contribution in [-0.4, -0.2) is 19.9 Å². The van der Waals surface area contributed by atoms with E-state index < -0.39 is 0 Å².